The van der Waals surface area contributed by atoms with Gasteiger partial charge >= 0.3 is 0 Å². The van der Waals surface area contributed by atoms with Crippen LogP contribution in [0, 0.1) is 0 Å². The van der Waals surface area contributed by atoms with Crippen molar-refractivity contribution in [3.63, 3.8) is 0 Å². The Balaban J connectivity index is 1.07. The van der Waals surface area contributed by atoms with E-state index < -0.39 is 5.41 Å². The third kappa shape index (κ3) is 5.82. The van der Waals surface area contributed by atoms with Crippen molar-refractivity contribution in [3.05, 3.63) is 295 Å². The molecular formula is C67H45N3. The number of anilines is 6. The maximum absolute atomic E-state index is 2.54. The number of para-hydroxylation sites is 5. The Kier molecular flexibility index (Phi) is 9.11. The molecule has 2 aliphatic rings. The molecule has 1 heterocycles. The summed E-state index contributed by atoms with van der Waals surface area (Å²) in [7, 11) is 0. The van der Waals surface area contributed by atoms with Gasteiger partial charge in [0.05, 0.1) is 33.5 Å². The summed E-state index contributed by atoms with van der Waals surface area (Å²) < 4.78 is 2.42. The third-order valence-electron chi connectivity index (χ3n) is 14.8. The molecule has 14 rings (SSSR count). The van der Waals surface area contributed by atoms with Crippen LogP contribution in [-0.2, 0) is 5.41 Å². The molecule has 0 bridgehead atoms. The van der Waals surface area contributed by atoms with Crippen LogP contribution < -0.4 is 9.80 Å². The van der Waals surface area contributed by atoms with Gasteiger partial charge in [-0.15, -0.1) is 0 Å². The van der Waals surface area contributed by atoms with Gasteiger partial charge in [0.2, 0.25) is 0 Å². The van der Waals surface area contributed by atoms with E-state index in [1.165, 1.54) is 66.4 Å². The summed E-state index contributed by atoms with van der Waals surface area (Å²) in [5.74, 6) is 0. The standard InChI is InChI=1S/C67H45N3/c1-5-23-46(24-6-1)51-31-15-19-39-60(51)70(50-43-44-53-52-32-16-20-40-61(52)69(64(53)45-50)49-29-11-4-12-30-49)63-42-22-38-59-66(63)55-34-14-18-36-57(55)67(59)56-35-17-13-33-54(56)65-58(67)37-21-41-62(65)68(47-25-7-2-8-26-47)48-27-9-3-10-28-48/h1-45H. The van der Waals surface area contributed by atoms with Gasteiger partial charge in [0.1, 0.15) is 0 Å². The van der Waals surface area contributed by atoms with E-state index in [2.05, 4.69) is 287 Å². The van der Waals surface area contributed by atoms with Crippen molar-refractivity contribution in [2.45, 2.75) is 5.41 Å². The lowest BCUT2D eigenvalue weighted by Crippen LogP contribution is -2.26. The molecule has 0 aliphatic heterocycles. The first-order valence-electron chi connectivity index (χ1n) is 24.2. The van der Waals surface area contributed by atoms with Crippen LogP contribution in [0.25, 0.3) is 60.9 Å². The first-order valence-corrected chi connectivity index (χ1v) is 24.2. The lowest BCUT2D eigenvalue weighted by Gasteiger charge is -2.33. The van der Waals surface area contributed by atoms with Gasteiger partial charge < -0.3 is 14.4 Å². The zero-order valence-electron chi connectivity index (χ0n) is 38.3. The minimum atomic E-state index is -0.600. The van der Waals surface area contributed by atoms with Crippen LogP contribution in [0.4, 0.5) is 34.1 Å². The Bertz CT molecular complexity index is 3910. The summed E-state index contributed by atoms with van der Waals surface area (Å²) in [6.45, 7) is 0. The fourth-order valence-electron chi connectivity index (χ4n) is 12.0. The molecule has 12 aromatic rings. The predicted octanol–water partition coefficient (Wildman–Crippen LogP) is 17.7. The van der Waals surface area contributed by atoms with Crippen molar-refractivity contribution < 1.29 is 0 Å². The molecule has 3 nitrogen and oxygen atoms in total. The summed E-state index contributed by atoms with van der Waals surface area (Å²) in [5, 5.41) is 2.45. The highest BCUT2D eigenvalue weighted by atomic mass is 15.2. The van der Waals surface area contributed by atoms with E-state index in [1.54, 1.807) is 0 Å². The molecule has 3 heteroatoms. The summed E-state index contributed by atoms with van der Waals surface area (Å²) in [6, 6.07) is 100. The number of hydrogen-bond acceptors (Lipinski definition) is 2. The van der Waals surface area contributed by atoms with E-state index in [-0.39, 0.29) is 0 Å². The van der Waals surface area contributed by atoms with E-state index in [0.717, 1.165) is 50.9 Å². The minimum absolute atomic E-state index is 0.600. The molecule has 0 saturated carbocycles. The molecule has 328 valence electrons. The lowest BCUT2D eigenvalue weighted by atomic mass is 9.70. The van der Waals surface area contributed by atoms with Crippen LogP contribution in [-0.4, -0.2) is 4.57 Å². The summed E-state index contributed by atoms with van der Waals surface area (Å²) >= 11 is 0. The van der Waals surface area contributed by atoms with Crippen LogP contribution in [0.15, 0.2) is 273 Å². The molecule has 1 spiro atoms. The zero-order valence-corrected chi connectivity index (χ0v) is 38.3. The highest BCUT2D eigenvalue weighted by molar-refractivity contribution is 6.11. The van der Waals surface area contributed by atoms with Gasteiger partial charge in [-0.25, -0.2) is 0 Å². The van der Waals surface area contributed by atoms with Crippen molar-refractivity contribution >= 4 is 55.9 Å². The van der Waals surface area contributed by atoms with Crippen molar-refractivity contribution in [2.75, 3.05) is 9.80 Å². The van der Waals surface area contributed by atoms with Crippen molar-refractivity contribution in [1.82, 2.24) is 4.57 Å². The average Bonchev–Trinajstić information content (AvgIpc) is 4.05. The molecule has 1 unspecified atom stereocenters. The maximum atomic E-state index is 2.54. The summed E-state index contributed by atoms with van der Waals surface area (Å²) in [5.41, 5.74) is 22.1. The zero-order chi connectivity index (χ0) is 46.2. The topological polar surface area (TPSA) is 11.4 Å². The van der Waals surface area contributed by atoms with Crippen molar-refractivity contribution in [3.8, 4) is 39.1 Å². The van der Waals surface area contributed by atoms with Gasteiger partial charge in [0.25, 0.3) is 0 Å². The quantitative estimate of drug-likeness (QED) is 0.151. The molecule has 0 radical (unpaired) electrons. The number of fused-ring (bicyclic) bond motifs is 13. The van der Waals surface area contributed by atoms with Crippen LogP contribution in [0.2, 0.25) is 0 Å². The summed E-state index contributed by atoms with van der Waals surface area (Å²) in [4.78, 5) is 4.97. The second-order valence-corrected chi connectivity index (χ2v) is 18.4. The largest absolute Gasteiger partial charge is 0.310 e. The minimum Gasteiger partial charge on any atom is -0.310 e. The normalized spacial score (nSPS) is 14.1. The molecule has 2 aliphatic carbocycles. The second kappa shape index (κ2) is 16.0. The van der Waals surface area contributed by atoms with E-state index in [0.29, 0.717) is 0 Å². The number of aromatic nitrogens is 1. The van der Waals surface area contributed by atoms with Gasteiger partial charge in [-0.1, -0.05) is 200 Å². The number of rotatable bonds is 8. The molecular weight excluding hydrogens is 847 g/mol. The monoisotopic (exact) mass is 891 g/mol. The molecule has 0 saturated heterocycles. The molecule has 0 amide bonds. The van der Waals surface area contributed by atoms with Gasteiger partial charge in [-0.05, 0) is 112 Å². The highest BCUT2D eigenvalue weighted by Gasteiger charge is 2.53. The van der Waals surface area contributed by atoms with Crippen LogP contribution >= 0.6 is 0 Å². The van der Waals surface area contributed by atoms with Crippen LogP contribution in [0.5, 0.6) is 0 Å². The lowest BCUT2D eigenvalue weighted by molar-refractivity contribution is 0.793. The Morgan fingerprint density at radius 2 is 0.743 bits per heavy atom. The summed E-state index contributed by atoms with van der Waals surface area (Å²) in [6.07, 6.45) is 0. The van der Waals surface area contributed by atoms with E-state index >= 15 is 0 Å². The third-order valence-corrected chi connectivity index (χ3v) is 14.8. The van der Waals surface area contributed by atoms with E-state index in [9.17, 15) is 0 Å². The van der Waals surface area contributed by atoms with Crippen molar-refractivity contribution in [2.24, 2.45) is 0 Å². The average molecular weight is 892 g/mol. The second-order valence-electron chi connectivity index (χ2n) is 18.4. The molecule has 0 N–H and O–H groups in total. The first-order chi connectivity index (χ1) is 34.8. The Morgan fingerprint density at radius 1 is 0.286 bits per heavy atom. The maximum Gasteiger partial charge on any atom is 0.0727 e. The fourth-order valence-corrected chi connectivity index (χ4v) is 12.0. The van der Waals surface area contributed by atoms with Gasteiger partial charge in [0.15, 0.2) is 0 Å². The molecule has 1 atom stereocenters. The van der Waals surface area contributed by atoms with Gasteiger partial charge in [-0.2, -0.15) is 0 Å². The molecule has 0 fully saturated rings. The van der Waals surface area contributed by atoms with Gasteiger partial charge in [-0.3, -0.25) is 0 Å². The number of hydrogen-bond donors (Lipinski definition) is 0. The van der Waals surface area contributed by atoms with Gasteiger partial charge in [0, 0.05) is 50.2 Å². The number of benzene rings is 11. The van der Waals surface area contributed by atoms with Crippen molar-refractivity contribution in [1.29, 1.82) is 0 Å². The Hall–Kier alpha value is -9.18. The van der Waals surface area contributed by atoms with E-state index in [1.807, 2.05) is 0 Å². The highest BCUT2D eigenvalue weighted by Crippen LogP contribution is 2.66. The SMILES string of the molecule is c1ccc(-c2ccccc2N(c2ccc3c4ccccc4n(-c4ccccc4)c3c2)c2cccc3c2-c2ccccc2C32c3ccccc3-c3c(N(c4ccccc4)c4ccccc4)cccc32)cc1. The smallest absolute Gasteiger partial charge is 0.0727 e. The molecule has 11 aromatic carbocycles. The Morgan fingerprint density at radius 3 is 1.37 bits per heavy atom. The first kappa shape index (κ1) is 39.9. The fraction of sp³-hybridized carbons (Fsp3) is 0.0149. The molecule has 1 aromatic heterocycles. The number of nitrogens with zero attached hydrogens (tertiary/aromatic N) is 3. The van der Waals surface area contributed by atoms with Crippen LogP contribution in [0.1, 0.15) is 22.3 Å². The predicted molar refractivity (Wildman–Crippen MR) is 292 cm³/mol. The van der Waals surface area contributed by atoms with E-state index in [4.69, 9.17) is 0 Å². The van der Waals surface area contributed by atoms with Crippen LogP contribution in [0.3, 0.4) is 0 Å². The molecule has 70 heavy (non-hydrogen) atoms. The Labute approximate surface area is 408 Å².